The second kappa shape index (κ2) is 10.2. The van der Waals surface area contributed by atoms with Crippen LogP contribution in [0.25, 0.3) is 0 Å². The number of ether oxygens (including phenoxy) is 1. The van der Waals surface area contributed by atoms with Crippen LogP contribution in [0.5, 0.6) is 0 Å². The van der Waals surface area contributed by atoms with Crippen molar-refractivity contribution in [3.8, 4) is 6.07 Å². The van der Waals surface area contributed by atoms with Gasteiger partial charge in [-0.05, 0) is 44.4 Å². The van der Waals surface area contributed by atoms with Crippen LogP contribution in [0.15, 0.2) is 34.7 Å². The summed E-state index contributed by atoms with van der Waals surface area (Å²) in [6.07, 6.45) is 2.13. The summed E-state index contributed by atoms with van der Waals surface area (Å²) >= 11 is 2.71. The van der Waals surface area contributed by atoms with E-state index in [0.29, 0.717) is 27.4 Å². The van der Waals surface area contributed by atoms with Gasteiger partial charge in [0.2, 0.25) is 11.0 Å². The van der Waals surface area contributed by atoms with Gasteiger partial charge < -0.3 is 19.9 Å². The summed E-state index contributed by atoms with van der Waals surface area (Å²) in [5.41, 5.74) is 3.29. The van der Waals surface area contributed by atoms with Crippen LogP contribution in [-0.2, 0) is 16.1 Å². The van der Waals surface area contributed by atoms with Gasteiger partial charge in [0.25, 0.3) is 0 Å². The van der Waals surface area contributed by atoms with E-state index >= 15 is 0 Å². The molecule has 0 radical (unpaired) electrons. The third-order valence-electron chi connectivity index (χ3n) is 5.37. The molecule has 2 N–H and O–H groups in total. The van der Waals surface area contributed by atoms with Crippen LogP contribution in [0, 0.1) is 25.2 Å². The minimum atomic E-state index is -0.189. The van der Waals surface area contributed by atoms with Gasteiger partial charge in [-0.25, -0.2) is 0 Å². The Morgan fingerprint density at radius 3 is 2.88 bits per heavy atom. The quantitative estimate of drug-likeness (QED) is 0.470. The zero-order valence-electron chi connectivity index (χ0n) is 17.9. The minimum Gasteiger partial charge on any atom is -0.376 e. The molecule has 1 aliphatic heterocycles. The summed E-state index contributed by atoms with van der Waals surface area (Å²) in [4.78, 5) is 12.7. The largest absolute Gasteiger partial charge is 0.376 e. The van der Waals surface area contributed by atoms with Crippen molar-refractivity contribution in [2.45, 2.75) is 43.7 Å². The molecule has 1 aliphatic rings. The zero-order valence-corrected chi connectivity index (χ0v) is 19.6. The predicted octanol–water partition coefficient (Wildman–Crippen LogP) is 4.48. The summed E-state index contributed by atoms with van der Waals surface area (Å²) in [6, 6.07) is 12.0. The van der Waals surface area contributed by atoms with E-state index in [-0.39, 0.29) is 17.8 Å². The number of nitriles is 1. The van der Waals surface area contributed by atoms with Crippen LogP contribution in [-0.4, -0.2) is 39.1 Å². The molecular formula is C22H24N6O2S2. The predicted molar refractivity (Wildman–Crippen MR) is 127 cm³/mol. The van der Waals surface area contributed by atoms with Crippen molar-refractivity contribution in [3.63, 3.8) is 0 Å². The van der Waals surface area contributed by atoms with Crippen molar-refractivity contribution in [1.82, 2.24) is 14.8 Å². The van der Waals surface area contributed by atoms with Gasteiger partial charge in [-0.2, -0.15) is 5.26 Å². The average Bonchev–Trinajstić information content (AvgIpc) is 3.52. The summed E-state index contributed by atoms with van der Waals surface area (Å²) in [5, 5.41) is 24.8. The highest BCUT2D eigenvalue weighted by Gasteiger charge is 2.24. The molecule has 32 heavy (non-hydrogen) atoms. The number of para-hydroxylation sites is 1. The smallest absolute Gasteiger partial charge is 0.235 e. The lowest BCUT2D eigenvalue weighted by Crippen LogP contribution is -2.22. The van der Waals surface area contributed by atoms with E-state index in [2.05, 4.69) is 26.9 Å². The Morgan fingerprint density at radius 1 is 1.34 bits per heavy atom. The van der Waals surface area contributed by atoms with Crippen LogP contribution < -0.4 is 10.6 Å². The first kappa shape index (κ1) is 22.3. The first-order valence-corrected chi connectivity index (χ1v) is 12.1. The fraction of sp³-hybridized carbons (Fsp3) is 0.364. The van der Waals surface area contributed by atoms with Crippen LogP contribution >= 0.6 is 23.1 Å². The molecule has 0 spiro atoms. The van der Waals surface area contributed by atoms with E-state index in [1.807, 2.05) is 48.7 Å². The minimum absolute atomic E-state index is 0.106. The van der Waals surface area contributed by atoms with Crippen molar-refractivity contribution >= 4 is 45.6 Å². The van der Waals surface area contributed by atoms with Crippen LogP contribution in [0.2, 0.25) is 0 Å². The number of rotatable bonds is 8. The Hall–Kier alpha value is -2.87. The van der Waals surface area contributed by atoms with Crippen molar-refractivity contribution in [2.24, 2.45) is 0 Å². The lowest BCUT2D eigenvalue weighted by molar-refractivity contribution is -0.113. The summed E-state index contributed by atoms with van der Waals surface area (Å²) in [6.45, 7) is 5.27. The van der Waals surface area contributed by atoms with E-state index in [9.17, 15) is 10.1 Å². The zero-order chi connectivity index (χ0) is 22.5. The molecule has 3 aromatic rings. The average molecular weight is 469 g/mol. The Balaban J connectivity index is 1.40. The third kappa shape index (κ3) is 5.12. The maximum atomic E-state index is 12.7. The summed E-state index contributed by atoms with van der Waals surface area (Å²) in [5.74, 6) is 0.534. The van der Waals surface area contributed by atoms with Crippen molar-refractivity contribution in [3.05, 3.63) is 47.2 Å². The highest BCUT2D eigenvalue weighted by Crippen LogP contribution is 2.30. The fourth-order valence-corrected chi connectivity index (χ4v) is 5.18. The molecule has 3 heterocycles. The first-order chi connectivity index (χ1) is 15.5. The molecule has 1 aromatic carbocycles. The molecular weight excluding hydrogens is 444 g/mol. The van der Waals surface area contributed by atoms with Gasteiger partial charge in [-0.3, -0.25) is 4.79 Å². The van der Waals surface area contributed by atoms with E-state index in [0.717, 1.165) is 36.4 Å². The van der Waals surface area contributed by atoms with Crippen molar-refractivity contribution < 1.29 is 9.53 Å². The molecule has 8 nitrogen and oxygen atoms in total. The number of hydrogen-bond donors (Lipinski definition) is 2. The number of carbonyl (C=O) groups excluding carboxylic acids is 1. The molecule has 10 heteroatoms. The number of nitrogens with one attached hydrogen (secondary N) is 2. The van der Waals surface area contributed by atoms with E-state index < -0.39 is 0 Å². The fourth-order valence-electron chi connectivity index (χ4n) is 3.61. The number of benzene rings is 1. The molecule has 0 bridgehead atoms. The third-order valence-corrected chi connectivity index (χ3v) is 7.34. The number of thioether (sulfide) groups is 1. The van der Waals surface area contributed by atoms with Gasteiger partial charge in [0.15, 0.2) is 4.34 Å². The van der Waals surface area contributed by atoms with Crippen LogP contribution in [0.1, 0.15) is 29.7 Å². The second-order valence-corrected chi connectivity index (χ2v) is 9.69. The van der Waals surface area contributed by atoms with E-state index in [1.54, 1.807) is 0 Å². The Morgan fingerprint density at radius 2 is 2.16 bits per heavy atom. The number of carbonyl (C=O) groups is 1. The highest BCUT2D eigenvalue weighted by molar-refractivity contribution is 8.01. The number of nitrogens with zero attached hydrogens (tertiary/aromatic N) is 4. The molecule has 1 atom stereocenters. The summed E-state index contributed by atoms with van der Waals surface area (Å²) < 4.78 is 8.46. The van der Waals surface area contributed by atoms with Gasteiger partial charge in [-0.1, -0.05) is 41.3 Å². The first-order valence-electron chi connectivity index (χ1n) is 10.3. The van der Waals surface area contributed by atoms with Gasteiger partial charge in [0, 0.05) is 18.0 Å². The monoisotopic (exact) mass is 468 g/mol. The topological polar surface area (TPSA) is 105 Å². The molecule has 166 valence electrons. The van der Waals surface area contributed by atoms with Gasteiger partial charge in [0.1, 0.15) is 11.9 Å². The van der Waals surface area contributed by atoms with Crippen LogP contribution in [0.3, 0.4) is 0 Å². The van der Waals surface area contributed by atoms with Crippen molar-refractivity contribution in [1.29, 1.82) is 5.26 Å². The Labute approximate surface area is 195 Å². The van der Waals surface area contributed by atoms with Crippen LogP contribution in [0.4, 0.5) is 16.6 Å². The van der Waals surface area contributed by atoms with Gasteiger partial charge >= 0.3 is 0 Å². The Kier molecular flexibility index (Phi) is 7.09. The van der Waals surface area contributed by atoms with E-state index in [4.69, 9.17) is 4.74 Å². The van der Waals surface area contributed by atoms with Gasteiger partial charge in [0.05, 0.1) is 24.0 Å². The summed E-state index contributed by atoms with van der Waals surface area (Å²) in [7, 11) is 0. The molecule has 0 aliphatic carbocycles. The van der Waals surface area contributed by atoms with Gasteiger partial charge in [-0.15, -0.1) is 10.2 Å². The normalized spacial score (nSPS) is 15.5. The molecule has 4 rings (SSSR count). The van der Waals surface area contributed by atoms with E-state index in [1.165, 1.54) is 23.1 Å². The SMILES string of the molecule is Cc1c(C#N)c(NC(=O)CSc2nnc(Nc3ccccc3)s2)n(CC2CCCO2)c1C. The van der Waals surface area contributed by atoms with Crippen molar-refractivity contribution in [2.75, 3.05) is 23.0 Å². The number of hydrogen-bond acceptors (Lipinski definition) is 8. The number of amides is 1. The lowest BCUT2D eigenvalue weighted by Gasteiger charge is -2.16. The lowest BCUT2D eigenvalue weighted by atomic mass is 10.2. The highest BCUT2D eigenvalue weighted by atomic mass is 32.2. The maximum Gasteiger partial charge on any atom is 0.235 e. The number of aromatic nitrogens is 3. The number of anilines is 3. The molecule has 1 amide bonds. The Bertz CT molecular complexity index is 1130. The maximum absolute atomic E-state index is 12.7. The molecule has 1 fully saturated rings. The molecule has 2 aromatic heterocycles. The molecule has 0 saturated carbocycles. The standard InChI is InChI=1S/C22H24N6O2S2/c1-14-15(2)28(12-17-9-6-10-30-17)20(18(14)11-23)25-19(29)13-31-22-27-26-21(32-22)24-16-7-4-3-5-8-16/h3-5,7-8,17H,6,9-10,12-13H2,1-2H3,(H,24,26)(H,25,29). The molecule has 1 unspecified atom stereocenters. The second-order valence-electron chi connectivity index (χ2n) is 7.49. The molecule has 1 saturated heterocycles.